The van der Waals surface area contributed by atoms with Crippen molar-refractivity contribution < 1.29 is 23.1 Å². The van der Waals surface area contributed by atoms with Crippen LogP contribution in [0.5, 0.6) is 0 Å². The van der Waals surface area contributed by atoms with Crippen LogP contribution < -0.4 is 4.90 Å². The van der Waals surface area contributed by atoms with Crippen LogP contribution in [0.3, 0.4) is 0 Å². The quantitative estimate of drug-likeness (QED) is 0.433. The van der Waals surface area contributed by atoms with Gasteiger partial charge in [-0.15, -0.1) is 11.3 Å². The molecule has 0 N–H and O–H groups in total. The molecule has 2 aromatic carbocycles. The Morgan fingerprint density at radius 3 is 2.59 bits per heavy atom. The van der Waals surface area contributed by atoms with Gasteiger partial charge in [0.2, 0.25) is 5.91 Å². The summed E-state index contributed by atoms with van der Waals surface area (Å²) in [7, 11) is 0. The lowest BCUT2D eigenvalue weighted by Gasteiger charge is -2.22. The Morgan fingerprint density at radius 1 is 1.17 bits per heavy atom. The Morgan fingerprint density at radius 2 is 1.90 bits per heavy atom. The number of benzene rings is 2. The van der Waals surface area contributed by atoms with Crippen LogP contribution in [0.2, 0.25) is 0 Å². The van der Waals surface area contributed by atoms with Gasteiger partial charge < -0.3 is 9.64 Å². The number of anilines is 1. The van der Waals surface area contributed by atoms with E-state index in [9.17, 15) is 18.4 Å². The molecule has 5 nitrogen and oxygen atoms in total. The first-order valence-corrected chi connectivity index (χ1v) is 10.4. The molecular formula is C20H17BrF2N2O3S. The topological polar surface area (TPSA) is 59.5 Å². The third-order valence-corrected chi connectivity index (χ3v) is 5.63. The minimum Gasteiger partial charge on any atom is -0.466 e. The summed E-state index contributed by atoms with van der Waals surface area (Å²) >= 11 is 4.41. The maximum Gasteiger partial charge on any atom is 0.306 e. The molecule has 0 spiro atoms. The largest absolute Gasteiger partial charge is 0.466 e. The lowest BCUT2D eigenvalue weighted by Crippen LogP contribution is -2.30. The number of halogens is 3. The number of hydrogen-bond acceptors (Lipinski definition) is 5. The minimum atomic E-state index is -0.706. The third-order valence-electron chi connectivity index (χ3n) is 4.03. The van der Waals surface area contributed by atoms with Gasteiger partial charge in [0.1, 0.15) is 16.6 Å². The standard InChI is InChI=1S/C20H17BrF2N2O3S/c1-2-28-19(27)8-7-18(26)25(14-5-3-12(21)4-6-14)11-17-24-16-10-13(22)9-15(23)20(16)29-17/h3-6,9-10H,2,7-8,11H2,1H3. The Hall–Kier alpha value is -2.39. The molecule has 0 radical (unpaired) electrons. The van der Waals surface area contributed by atoms with Gasteiger partial charge in [-0.1, -0.05) is 15.9 Å². The first-order valence-electron chi connectivity index (χ1n) is 8.83. The van der Waals surface area contributed by atoms with Gasteiger partial charge in [-0.3, -0.25) is 9.59 Å². The normalized spacial score (nSPS) is 10.9. The second-order valence-electron chi connectivity index (χ2n) is 6.10. The molecule has 9 heteroatoms. The molecule has 0 aliphatic rings. The van der Waals surface area contributed by atoms with Crippen LogP contribution in [0.15, 0.2) is 40.9 Å². The highest BCUT2D eigenvalue weighted by Crippen LogP contribution is 2.29. The number of esters is 1. The van der Waals surface area contributed by atoms with Crippen molar-refractivity contribution >= 4 is 55.0 Å². The molecule has 152 valence electrons. The van der Waals surface area contributed by atoms with Crippen LogP contribution in [0.1, 0.15) is 24.8 Å². The number of carbonyl (C=O) groups excluding carboxylic acids is 2. The maximum absolute atomic E-state index is 14.0. The zero-order valence-corrected chi connectivity index (χ0v) is 17.9. The molecule has 1 heterocycles. The van der Waals surface area contributed by atoms with Crippen molar-refractivity contribution in [2.75, 3.05) is 11.5 Å². The van der Waals surface area contributed by atoms with E-state index in [1.807, 2.05) is 0 Å². The lowest BCUT2D eigenvalue weighted by molar-refractivity contribution is -0.144. The summed E-state index contributed by atoms with van der Waals surface area (Å²) in [6.45, 7) is 2.02. The zero-order valence-electron chi connectivity index (χ0n) is 15.5. The third kappa shape index (κ3) is 5.36. The highest BCUT2D eigenvalue weighted by Gasteiger charge is 2.20. The summed E-state index contributed by atoms with van der Waals surface area (Å²) in [5.74, 6) is -2.14. The van der Waals surface area contributed by atoms with Gasteiger partial charge in [-0.05, 0) is 31.2 Å². The highest BCUT2D eigenvalue weighted by molar-refractivity contribution is 9.10. The van der Waals surface area contributed by atoms with E-state index in [1.54, 1.807) is 31.2 Å². The predicted octanol–water partition coefficient (Wildman–Crippen LogP) is 5.21. The number of aromatic nitrogens is 1. The number of nitrogens with zero attached hydrogens (tertiary/aromatic N) is 2. The van der Waals surface area contributed by atoms with Crippen LogP contribution in [0.4, 0.5) is 14.5 Å². The Balaban J connectivity index is 1.86. The average molecular weight is 483 g/mol. The van der Waals surface area contributed by atoms with Gasteiger partial charge in [0.05, 0.1) is 29.8 Å². The maximum atomic E-state index is 14.0. The van der Waals surface area contributed by atoms with Crippen LogP contribution in [0.25, 0.3) is 10.2 Å². The Kier molecular flexibility index (Phi) is 6.92. The summed E-state index contributed by atoms with van der Waals surface area (Å²) in [6, 6.07) is 9.04. The molecule has 0 atom stereocenters. The number of amides is 1. The van der Waals surface area contributed by atoms with Crippen molar-refractivity contribution in [1.29, 1.82) is 0 Å². The molecule has 0 bridgehead atoms. The first-order chi connectivity index (χ1) is 13.9. The number of hydrogen-bond donors (Lipinski definition) is 0. The van der Waals surface area contributed by atoms with Crippen LogP contribution in [-0.4, -0.2) is 23.5 Å². The molecule has 0 aliphatic carbocycles. The van der Waals surface area contributed by atoms with Crippen molar-refractivity contribution in [3.8, 4) is 0 Å². The molecule has 3 rings (SSSR count). The highest BCUT2D eigenvalue weighted by atomic mass is 79.9. The molecule has 0 fully saturated rings. The average Bonchev–Trinajstić information content (AvgIpc) is 3.08. The first kappa shape index (κ1) is 21.3. The van der Waals surface area contributed by atoms with Crippen molar-refractivity contribution in [2.24, 2.45) is 0 Å². The van der Waals surface area contributed by atoms with Gasteiger partial charge in [-0.25, -0.2) is 13.8 Å². The molecule has 0 saturated carbocycles. The fourth-order valence-electron chi connectivity index (χ4n) is 2.73. The van der Waals surface area contributed by atoms with E-state index in [4.69, 9.17) is 4.74 Å². The fourth-order valence-corrected chi connectivity index (χ4v) is 3.93. The summed E-state index contributed by atoms with van der Waals surface area (Å²) in [4.78, 5) is 30.2. The molecule has 29 heavy (non-hydrogen) atoms. The van der Waals surface area contributed by atoms with E-state index in [2.05, 4.69) is 20.9 Å². The lowest BCUT2D eigenvalue weighted by atomic mass is 10.2. The second-order valence-corrected chi connectivity index (χ2v) is 8.10. The van der Waals surface area contributed by atoms with Gasteiger partial charge in [-0.2, -0.15) is 0 Å². The summed E-state index contributed by atoms with van der Waals surface area (Å²) in [6.07, 6.45) is -0.0812. The van der Waals surface area contributed by atoms with E-state index in [0.717, 1.165) is 27.9 Å². The molecule has 0 aliphatic heterocycles. The summed E-state index contributed by atoms with van der Waals surface area (Å²) in [5.41, 5.74) is 0.810. The second kappa shape index (κ2) is 9.41. The monoisotopic (exact) mass is 482 g/mol. The number of carbonyl (C=O) groups is 2. The molecule has 3 aromatic rings. The zero-order chi connectivity index (χ0) is 21.0. The van der Waals surface area contributed by atoms with Crippen LogP contribution in [-0.2, 0) is 20.9 Å². The number of fused-ring (bicyclic) bond motifs is 1. The summed E-state index contributed by atoms with van der Waals surface area (Å²) < 4.78 is 33.4. The van der Waals surface area contributed by atoms with Crippen LogP contribution in [0, 0.1) is 11.6 Å². The smallest absolute Gasteiger partial charge is 0.306 e. The Labute approximate surface area is 178 Å². The van der Waals surface area contributed by atoms with Crippen LogP contribution >= 0.6 is 27.3 Å². The van der Waals surface area contributed by atoms with E-state index < -0.39 is 17.6 Å². The van der Waals surface area contributed by atoms with E-state index in [1.165, 1.54) is 4.90 Å². The van der Waals surface area contributed by atoms with Gasteiger partial charge in [0.25, 0.3) is 0 Å². The number of thiazole rings is 1. The molecular weight excluding hydrogens is 466 g/mol. The van der Waals surface area contributed by atoms with Crippen molar-refractivity contribution in [3.05, 3.63) is 57.5 Å². The van der Waals surface area contributed by atoms with Crippen molar-refractivity contribution in [2.45, 2.75) is 26.3 Å². The van der Waals surface area contributed by atoms with Gasteiger partial charge in [0, 0.05) is 28.7 Å². The fraction of sp³-hybridized carbons (Fsp3) is 0.250. The summed E-state index contributed by atoms with van der Waals surface area (Å²) in [5, 5.41) is 0.455. The Bertz CT molecular complexity index is 1040. The molecule has 0 saturated heterocycles. The number of ether oxygens (including phenoxy) is 1. The molecule has 1 aromatic heterocycles. The van der Waals surface area contributed by atoms with Gasteiger partial charge in [0.15, 0.2) is 0 Å². The minimum absolute atomic E-state index is 0.0389. The van der Waals surface area contributed by atoms with Crippen molar-refractivity contribution in [3.63, 3.8) is 0 Å². The van der Waals surface area contributed by atoms with Crippen molar-refractivity contribution in [1.82, 2.24) is 4.98 Å². The molecule has 1 amide bonds. The molecule has 0 unspecified atom stereocenters. The predicted molar refractivity (Wildman–Crippen MR) is 111 cm³/mol. The van der Waals surface area contributed by atoms with E-state index in [0.29, 0.717) is 10.7 Å². The van der Waals surface area contributed by atoms with E-state index >= 15 is 0 Å². The number of rotatable bonds is 7. The van der Waals surface area contributed by atoms with E-state index in [-0.39, 0.29) is 42.1 Å². The SMILES string of the molecule is CCOC(=O)CCC(=O)N(Cc1nc2cc(F)cc(F)c2s1)c1ccc(Br)cc1. The van der Waals surface area contributed by atoms with Gasteiger partial charge >= 0.3 is 5.97 Å².